The molecule has 0 aliphatic heterocycles. The van der Waals surface area contributed by atoms with Crippen LogP contribution in [0.5, 0.6) is 0 Å². The lowest BCUT2D eigenvalue weighted by Gasteiger charge is -2.21. The molecule has 0 amide bonds. The van der Waals surface area contributed by atoms with Gasteiger partial charge in [-0.15, -0.1) is 0 Å². The number of rotatable bonds is 12. The van der Waals surface area contributed by atoms with Crippen LogP contribution in [0.15, 0.2) is 54.6 Å². The molecule has 0 spiro atoms. The van der Waals surface area contributed by atoms with Crippen LogP contribution in [-0.4, -0.2) is 29.6 Å². The number of nitrogens with zero attached hydrogens (tertiary/aromatic N) is 1. The Hall–Kier alpha value is -3.47. The van der Waals surface area contributed by atoms with Crippen molar-refractivity contribution in [2.45, 2.75) is 79.1 Å². The van der Waals surface area contributed by atoms with Gasteiger partial charge in [0.25, 0.3) is 0 Å². The van der Waals surface area contributed by atoms with Crippen LogP contribution in [0.3, 0.4) is 0 Å². The summed E-state index contributed by atoms with van der Waals surface area (Å²) in [6.07, 6.45) is 0. The van der Waals surface area contributed by atoms with Gasteiger partial charge in [0.05, 0.1) is 13.1 Å². The molecular formula is C33H43N3O2. The Morgan fingerprint density at radius 2 is 0.842 bits per heavy atom. The normalized spacial score (nSPS) is 11.5. The fraction of sp³-hybridized carbons (Fsp3) is 0.424. The van der Waals surface area contributed by atoms with Gasteiger partial charge in [-0.25, -0.2) is 4.98 Å². The minimum absolute atomic E-state index is 0.117. The van der Waals surface area contributed by atoms with Crippen molar-refractivity contribution in [2.75, 3.05) is 23.7 Å². The smallest absolute Gasteiger partial charge is 0.200 e. The molecule has 2 aromatic carbocycles. The summed E-state index contributed by atoms with van der Waals surface area (Å²) in [6, 6.07) is 17.7. The SMILES string of the molecule is CC(C)c1cccc(C(C)C)c1NCC(=O)c1cccc(C(=O)CNc2c(C(C)C)cccc2C(C)C)n1. The molecule has 1 heterocycles. The minimum atomic E-state index is -0.145. The van der Waals surface area contributed by atoms with Crippen LogP contribution in [0.4, 0.5) is 11.4 Å². The van der Waals surface area contributed by atoms with Gasteiger partial charge in [-0.3, -0.25) is 9.59 Å². The summed E-state index contributed by atoms with van der Waals surface area (Å²) in [6.45, 7) is 17.5. The maximum atomic E-state index is 13.1. The quantitative estimate of drug-likeness (QED) is 0.239. The lowest BCUT2D eigenvalue weighted by molar-refractivity contribution is 0.0997. The summed E-state index contributed by atoms with van der Waals surface area (Å²) >= 11 is 0. The number of aromatic nitrogens is 1. The molecule has 5 nitrogen and oxygen atoms in total. The number of anilines is 2. The fourth-order valence-electron chi connectivity index (χ4n) is 4.77. The number of carbonyl (C=O) groups is 2. The summed E-state index contributed by atoms with van der Waals surface area (Å²) < 4.78 is 0. The van der Waals surface area contributed by atoms with Crippen molar-refractivity contribution in [2.24, 2.45) is 0 Å². The number of ketones is 2. The van der Waals surface area contributed by atoms with E-state index in [0.29, 0.717) is 35.1 Å². The molecule has 3 aromatic rings. The van der Waals surface area contributed by atoms with Crippen molar-refractivity contribution < 1.29 is 9.59 Å². The third-order valence-electron chi connectivity index (χ3n) is 6.92. The lowest BCUT2D eigenvalue weighted by atomic mass is 9.92. The summed E-state index contributed by atoms with van der Waals surface area (Å²) in [7, 11) is 0. The Morgan fingerprint density at radius 1 is 0.553 bits per heavy atom. The van der Waals surface area contributed by atoms with E-state index in [1.807, 2.05) is 0 Å². The molecule has 5 heteroatoms. The fourth-order valence-corrected chi connectivity index (χ4v) is 4.77. The topological polar surface area (TPSA) is 71.1 Å². The molecule has 0 saturated carbocycles. The van der Waals surface area contributed by atoms with Gasteiger partial charge < -0.3 is 10.6 Å². The maximum absolute atomic E-state index is 13.1. The largest absolute Gasteiger partial charge is 0.377 e. The molecule has 0 bridgehead atoms. The Morgan fingerprint density at radius 3 is 1.13 bits per heavy atom. The zero-order valence-electron chi connectivity index (χ0n) is 24.2. The summed E-state index contributed by atoms with van der Waals surface area (Å²) in [5, 5.41) is 6.77. The zero-order chi connectivity index (χ0) is 28.0. The molecular weight excluding hydrogens is 470 g/mol. The molecule has 38 heavy (non-hydrogen) atoms. The summed E-state index contributed by atoms with van der Waals surface area (Å²) in [4.78, 5) is 30.7. The molecule has 202 valence electrons. The predicted molar refractivity (Wildman–Crippen MR) is 159 cm³/mol. The average Bonchev–Trinajstić information content (AvgIpc) is 2.89. The van der Waals surface area contributed by atoms with E-state index in [0.717, 1.165) is 11.4 Å². The van der Waals surface area contributed by atoms with Gasteiger partial charge in [-0.05, 0) is 58.1 Å². The molecule has 1 aromatic heterocycles. The van der Waals surface area contributed by atoms with Crippen LogP contribution in [0, 0.1) is 0 Å². The zero-order valence-corrected chi connectivity index (χ0v) is 24.2. The van der Waals surface area contributed by atoms with Crippen molar-refractivity contribution in [3.05, 3.63) is 88.2 Å². The van der Waals surface area contributed by atoms with E-state index < -0.39 is 0 Å². The van der Waals surface area contributed by atoms with E-state index in [9.17, 15) is 9.59 Å². The first-order chi connectivity index (χ1) is 18.0. The molecule has 3 rings (SSSR count). The van der Waals surface area contributed by atoms with Gasteiger partial charge in [-0.2, -0.15) is 0 Å². The Balaban J connectivity index is 1.75. The minimum Gasteiger partial charge on any atom is -0.377 e. The van der Waals surface area contributed by atoms with Crippen molar-refractivity contribution in [3.63, 3.8) is 0 Å². The van der Waals surface area contributed by atoms with E-state index in [1.165, 1.54) is 22.3 Å². The summed E-state index contributed by atoms with van der Waals surface area (Å²) in [5.41, 5.74) is 7.38. The number of carbonyl (C=O) groups excluding carboxylic acids is 2. The first kappa shape index (κ1) is 29.1. The van der Waals surface area contributed by atoms with Crippen molar-refractivity contribution >= 4 is 22.9 Å². The average molecular weight is 514 g/mol. The molecule has 0 aliphatic rings. The van der Waals surface area contributed by atoms with Crippen molar-refractivity contribution in [1.82, 2.24) is 4.98 Å². The number of benzene rings is 2. The monoisotopic (exact) mass is 513 g/mol. The number of nitrogens with one attached hydrogen (secondary N) is 2. The lowest BCUT2D eigenvalue weighted by Crippen LogP contribution is -2.21. The van der Waals surface area contributed by atoms with Crippen LogP contribution < -0.4 is 10.6 Å². The van der Waals surface area contributed by atoms with Crippen LogP contribution in [-0.2, 0) is 0 Å². The van der Waals surface area contributed by atoms with Gasteiger partial charge in [0.1, 0.15) is 11.4 Å². The molecule has 0 radical (unpaired) electrons. The van der Waals surface area contributed by atoms with Crippen LogP contribution >= 0.6 is 0 Å². The number of hydrogen-bond donors (Lipinski definition) is 2. The first-order valence-electron chi connectivity index (χ1n) is 13.8. The highest BCUT2D eigenvalue weighted by Crippen LogP contribution is 2.33. The second-order valence-electron chi connectivity index (χ2n) is 11.2. The van der Waals surface area contributed by atoms with Crippen molar-refractivity contribution in [1.29, 1.82) is 0 Å². The molecule has 0 aliphatic carbocycles. The van der Waals surface area contributed by atoms with Gasteiger partial charge in [0.2, 0.25) is 0 Å². The standard InChI is InChI=1S/C33H43N3O2/c1-20(2)24-12-9-13-25(21(3)4)32(24)34-18-30(37)28-16-11-17-29(36-28)31(38)19-35-33-26(22(5)6)14-10-15-27(33)23(7)8/h9-17,20-23,34-35H,18-19H2,1-8H3. The highest BCUT2D eigenvalue weighted by Gasteiger charge is 2.18. The third-order valence-corrected chi connectivity index (χ3v) is 6.92. The van der Waals surface area contributed by atoms with E-state index in [-0.39, 0.29) is 24.7 Å². The van der Waals surface area contributed by atoms with E-state index in [1.54, 1.807) is 18.2 Å². The highest BCUT2D eigenvalue weighted by atomic mass is 16.1. The third kappa shape index (κ3) is 6.89. The summed E-state index contributed by atoms with van der Waals surface area (Å²) in [5.74, 6) is 1.02. The van der Waals surface area contributed by atoms with E-state index in [4.69, 9.17) is 0 Å². The van der Waals surface area contributed by atoms with E-state index >= 15 is 0 Å². The van der Waals surface area contributed by atoms with Gasteiger partial charge in [0, 0.05) is 11.4 Å². The molecule has 0 fully saturated rings. The number of Topliss-reactive ketones (excluding diaryl/α,β-unsaturated/α-hetero) is 2. The number of hydrogen-bond acceptors (Lipinski definition) is 5. The van der Waals surface area contributed by atoms with Crippen LogP contribution in [0.1, 0.15) is 122 Å². The Labute approximate surface area is 228 Å². The highest BCUT2D eigenvalue weighted by molar-refractivity contribution is 6.01. The van der Waals surface area contributed by atoms with Crippen molar-refractivity contribution in [3.8, 4) is 0 Å². The van der Waals surface area contributed by atoms with Gasteiger partial charge in [0.15, 0.2) is 11.6 Å². The second kappa shape index (κ2) is 12.9. The van der Waals surface area contributed by atoms with E-state index in [2.05, 4.69) is 107 Å². The molecule has 0 saturated heterocycles. The number of para-hydroxylation sites is 2. The van der Waals surface area contributed by atoms with Gasteiger partial charge >= 0.3 is 0 Å². The molecule has 0 unspecified atom stereocenters. The number of pyridine rings is 1. The van der Waals surface area contributed by atoms with Gasteiger partial charge in [-0.1, -0.05) is 97.9 Å². The first-order valence-corrected chi connectivity index (χ1v) is 13.8. The maximum Gasteiger partial charge on any atom is 0.200 e. The Kier molecular flexibility index (Phi) is 9.84. The Bertz CT molecular complexity index is 1130. The van der Waals surface area contributed by atoms with Crippen LogP contribution in [0.25, 0.3) is 0 Å². The predicted octanol–water partition coefficient (Wildman–Crippen LogP) is 8.16. The molecule has 2 N–H and O–H groups in total. The molecule has 0 atom stereocenters. The van der Waals surface area contributed by atoms with Crippen LogP contribution in [0.2, 0.25) is 0 Å². The second-order valence-corrected chi connectivity index (χ2v) is 11.2.